The van der Waals surface area contributed by atoms with E-state index in [1.807, 2.05) is 0 Å². The number of piperidine rings is 2. The summed E-state index contributed by atoms with van der Waals surface area (Å²) >= 11 is 0. The Morgan fingerprint density at radius 3 is 1.15 bits per heavy atom. The summed E-state index contributed by atoms with van der Waals surface area (Å²) in [6, 6.07) is 0.475. The summed E-state index contributed by atoms with van der Waals surface area (Å²) in [4.78, 5) is 0. The minimum Gasteiger partial charge on any atom is -0.411 e. The van der Waals surface area contributed by atoms with Gasteiger partial charge in [-0.1, -0.05) is 20.8 Å². The lowest BCUT2D eigenvalue weighted by Crippen LogP contribution is -2.69. The molecule has 47 heavy (non-hydrogen) atoms. The maximum atomic E-state index is 14.1. The smallest absolute Gasteiger partial charge is 0.192 e. The van der Waals surface area contributed by atoms with Gasteiger partial charge in [-0.25, -0.2) is 0 Å². The number of ether oxygens (including phenoxy) is 4. The summed E-state index contributed by atoms with van der Waals surface area (Å²) < 4.78 is 30.2. The molecule has 6 saturated heterocycles. The Hall–Kier alpha value is -0.223. The molecule has 0 saturated carbocycles. The molecule has 6 heterocycles. The Kier molecular flexibility index (Phi) is 11.2. The third kappa shape index (κ3) is 7.55. The van der Waals surface area contributed by atoms with Crippen LogP contribution in [0.1, 0.15) is 97.8 Å². The zero-order chi connectivity index (χ0) is 33.4. The zero-order valence-electron chi connectivity index (χ0n) is 30.0. The van der Waals surface area contributed by atoms with E-state index < -0.39 is 8.32 Å². The summed E-state index contributed by atoms with van der Waals surface area (Å²) in [5, 5.41) is 39.4. The van der Waals surface area contributed by atoms with Gasteiger partial charge in [-0.3, -0.25) is 0 Å². The second kappa shape index (κ2) is 14.4. The highest BCUT2D eigenvalue weighted by atomic mass is 28.4. The Balaban J connectivity index is 1.18. The highest BCUT2D eigenvalue weighted by Gasteiger charge is 2.57. The summed E-state index contributed by atoms with van der Waals surface area (Å²) in [7, 11) is -2.08. The molecule has 0 amide bonds. The van der Waals surface area contributed by atoms with Crippen LogP contribution >= 0.6 is 0 Å². The van der Waals surface area contributed by atoms with Crippen LogP contribution in [0.15, 0.2) is 0 Å². The van der Waals surface area contributed by atoms with Crippen molar-refractivity contribution in [2.75, 3.05) is 65.9 Å². The topological polar surface area (TPSA) is 116 Å². The first-order valence-corrected chi connectivity index (χ1v) is 21.6. The summed E-state index contributed by atoms with van der Waals surface area (Å²) in [5.74, 6) is 0. The summed E-state index contributed by atoms with van der Waals surface area (Å²) in [5.41, 5.74) is -1.49. The maximum absolute atomic E-state index is 14.1. The van der Waals surface area contributed by atoms with Gasteiger partial charge in [0.15, 0.2) is 8.32 Å². The molecule has 6 rings (SSSR count). The van der Waals surface area contributed by atoms with Crippen molar-refractivity contribution >= 4 is 8.32 Å². The normalized spacial score (nSPS) is 32.2. The van der Waals surface area contributed by atoms with Crippen LogP contribution in [0, 0.1) is 0 Å². The lowest BCUT2D eigenvalue weighted by Gasteiger charge is -2.58. The van der Waals surface area contributed by atoms with Crippen molar-refractivity contribution in [3.8, 4) is 0 Å². The fraction of sp³-hybridized carbons (Fsp3) is 1.00. The molecule has 0 bridgehead atoms. The van der Waals surface area contributed by atoms with E-state index in [1.165, 1.54) is 10.1 Å². The van der Waals surface area contributed by atoms with Crippen LogP contribution in [0.4, 0.5) is 0 Å². The van der Waals surface area contributed by atoms with Crippen molar-refractivity contribution in [3.63, 3.8) is 0 Å². The van der Waals surface area contributed by atoms with Crippen LogP contribution in [-0.2, 0) is 33.8 Å². The molecule has 4 spiro atoms. The standard InChI is InChI=1S/C35H64N4O7Si/c1-31(2,3)47(4,5)46-30(26-36-28-22-32(6-14-42-15-7-32)38(40)33(23-28)8-16-43-17-9-33)27-37-29-24-34(10-18-44-19-11-34)39(41)35(25-29)12-20-45-21-13-35/h28-30,36-37H,6-27H2,1-5H3. The van der Waals surface area contributed by atoms with E-state index in [-0.39, 0.29) is 45.4 Å². The van der Waals surface area contributed by atoms with Crippen molar-refractivity contribution in [2.45, 2.75) is 156 Å². The van der Waals surface area contributed by atoms with Crippen molar-refractivity contribution < 1.29 is 33.8 Å². The molecule has 270 valence electrons. The van der Waals surface area contributed by atoms with Gasteiger partial charge in [-0.05, 0) is 95.2 Å². The van der Waals surface area contributed by atoms with Gasteiger partial charge in [-0.15, -0.1) is 20.5 Å². The first-order valence-electron chi connectivity index (χ1n) is 18.7. The molecule has 0 aromatic carbocycles. The van der Waals surface area contributed by atoms with Crippen LogP contribution in [0.2, 0.25) is 18.1 Å². The first kappa shape index (κ1) is 36.6. The van der Waals surface area contributed by atoms with E-state index in [0.717, 1.165) is 90.1 Å². The van der Waals surface area contributed by atoms with E-state index in [0.29, 0.717) is 52.9 Å². The quantitative estimate of drug-likeness (QED) is 0.361. The molecule has 0 aliphatic carbocycles. The molecule has 6 aliphatic rings. The van der Waals surface area contributed by atoms with Crippen LogP contribution in [0.5, 0.6) is 0 Å². The Bertz CT molecular complexity index is 898. The minimum absolute atomic E-state index is 0.0148. The zero-order valence-corrected chi connectivity index (χ0v) is 31.0. The van der Waals surface area contributed by atoms with Gasteiger partial charge < -0.3 is 34.0 Å². The molecule has 12 heteroatoms. The fourth-order valence-corrected chi connectivity index (χ4v) is 10.9. The monoisotopic (exact) mass is 680 g/mol. The maximum Gasteiger partial charge on any atom is 0.192 e. The molecule has 11 nitrogen and oxygen atoms in total. The molecular weight excluding hydrogens is 616 g/mol. The third-order valence-electron chi connectivity index (χ3n) is 13.5. The molecule has 6 aliphatic heterocycles. The van der Waals surface area contributed by atoms with Crippen molar-refractivity contribution in [3.05, 3.63) is 0 Å². The van der Waals surface area contributed by atoms with E-state index >= 15 is 0 Å². The van der Waals surface area contributed by atoms with Crippen molar-refractivity contribution in [2.24, 2.45) is 0 Å². The predicted octanol–water partition coefficient (Wildman–Crippen LogP) is 4.37. The minimum atomic E-state index is -2.08. The van der Waals surface area contributed by atoms with Crippen LogP contribution in [0.25, 0.3) is 0 Å². The largest absolute Gasteiger partial charge is 0.411 e. The van der Waals surface area contributed by atoms with Crippen LogP contribution < -0.4 is 10.6 Å². The van der Waals surface area contributed by atoms with Crippen molar-refractivity contribution in [1.29, 1.82) is 0 Å². The molecule has 0 aromatic rings. The Labute approximate surface area is 284 Å². The first-order chi connectivity index (χ1) is 22.3. The van der Waals surface area contributed by atoms with Crippen LogP contribution in [0.3, 0.4) is 0 Å². The van der Waals surface area contributed by atoms with Crippen LogP contribution in [-0.4, -0.2) is 125 Å². The number of hydroxylamine groups is 4. The van der Waals surface area contributed by atoms with E-state index in [1.54, 1.807) is 0 Å². The molecule has 2 radical (unpaired) electrons. The van der Waals surface area contributed by atoms with Gasteiger partial charge in [0.05, 0.1) is 28.3 Å². The lowest BCUT2D eigenvalue weighted by molar-refractivity contribution is -0.331. The number of rotatable bonds is 8. The van der Waals surface area contributed by atoms with E-state index in [2.05, 4.69) is 44.5 Å². The molecular formula is C35H64N4O7Si. The second-order valence-corrected chi connectivity index (χ2v) is 22.2. The predicted molar refractivity (Wildman–Crippen MR) is 180 cm³/mol. The van der Waals surface area contributed by atoms with Gasteiger partial charge in [0.1, 0.15) is 0 Å². The van der Waals surface area contributed by atoms with E-state index in [9.17, 15) is 10.4 Å². The summed E-state index contributed by atoms with van der Waals surface area (Å²) in [6.07, 6.45) is 9.71. The van der Waals surface area contributed by atoms with E-state index in [4.69, 9.17) is 23.4 Å². The highest BCUT2D eigenvalue weighted by Crippen LogP contribution is 2.49. The van der Waals surface area contributed by atoms with Gasteiger partial charge >= 0.3 is 0 Å². The summed E-state index contributed by atoms with van der Waals surface area (Å²) in [6.45, 7) is 18.3. The average molecular weight is 681 g/mol. The van der Waals surface area contributed by atoms with Gasteiger partial charge in [0.2, 0.25) is 0 Å². The Morgan fingerprint density at radius 1 is 0.617 bits per heavy atom. The lowest BCUT2D eigenvalue weighted by atomic mass is 9.69. The average Bonchev–Trinajstić information content (AvgIpc) is 3.05. The van der Waals surface area contributed by atoms with Gasteiger partial charge in [0, 0.05) is 78.0 Å². The number of hydrogen-bond acceptors (Lipinski definition) is 9. The molecule has 0 aromatic heterocycles. The van der Waals surface area contributed by atoms with Gasteiger partial charge in [0.25, 0.3) is 0 Å². The third-order valence-corrected chi connectivity index (χ3v) is 18.0. The number of nitrogens with one attached hydrogen (secondary N) is 2. The molecule has 0 atom stereocenters. The van der Waals surface area contributed by atoms with Crippen molar-refractivity contribution in [1.82, 2.24) is 20.8 Å². The molecule has 2 N–H and O–H groups in total. The SMILES string of the molecule is CC(C)(C)[Si](C)(C)OC(CNC1CC2(CCOCC2)N([O])C2(CCOCC2)C1)CNC1CC2(CCOCC2)N([O])C2(CCOCC2)C1. The Morgan fingerprint density at radius 2 is 0.894 bits per heavy atom. The number of nitrogens with zero attached hydrogens (tertiary/aromatic N) is 2. The number of hydrogen-bond donors (Lipinski definition) is 2. The fourth-order valence-electron chi connectivity index (χ4n) is 9.58. The molecule has 6 fully saturated rings. The highest BCUT2D eigenvalue weighted by molar-refractivity contribution is 6.74. The van der Waals surface area contributed by atoms with Gasteiger partial charge in [-0.2, -0.15) is 0 Å². The second-order valence-electron chi connectivity index (χ2n) is 17.5. The molecule has 0 unspecified atom stereocenters.